The molecule has 1 aromatic rings. The fourth-order valence-corrected chi connectivity index (χ4v) is 1.13. The number of aliphatic hydroxyl groups excluding tert-OH is 1. The van der Waals surface area contributed by atoms with E-state index < -0.39 is 6.10 Å². The van der Waals surface area contributed by atoms with Crippen LogP contribution in [0.3, 0.4) is 0 Å². The zero-order valence-corrected chi connectivity index (χ0v) is 8.37. The van der Waals surface area contributed by atoms with E-state index in [1.54, 1.807) is 13.2 Å². The van der Waals surface area contributed by atoms with Crippen LogP contribution in [0.2, 0.25) is 0 Å². The molecule has 0 aliphatic rings. The first-order chi connectivity index (χ1) is 5.74. The lowest BCUT2D eigenvalue weighted by molar-refractivity contribution is 0.177. The topological polar surface area (TPSA) is 45.1 Å². The van der Waals surface area contributed by atoms with Crippen molar-refractivity contribution in [1.82, 2.24) is 10.3 Å². The third kappa shape index (κ3) is 2.55. The zero-order valence-electron chi connectivity index (χ0n) is 6.79. The van der Waals surface area contributed by atoms with Gasteiger partial charge < -0.3 is 10.4 Å². The molecule has 0 saturated heterocycles. The second-order valence-electron chi connectivity index (χ2n) is 2.49. The van der Waals surface area contributed by atoms with Gasteiger partial charge in [0.15, 0.2) is 0 Å². The molecule has 1 heterocycles. The summed E-state index contributed by atoms with van der Waals surface area (Å²) in [7, 11) is 1.80. The number of nitrogens with zero attached hydrogens (tertiary/aromatic N) is 1. The molecule has 0 saturated carbocycles. The van der Waals surface area contributed by atoms with Gasteiger partial charge in [-0.05, 0) is 29.0 Å². The normalized spacial score (nSPS) is 12.9. The third-order valence-electron chi connectivity index (χ3n) is 1.53. The number of nitrogens with one attached hydrogen (secondary N) is 1. The summed E-state index contributed by atoms with van der Waals surface area (Å²) < 4.78 is 0.780. The Kier molecular flexibility index (Phi) is 3.65. The summed E-state index contributed by atoms with van der Waals surface area (Å²) in [6, 6.07) is 3.66. The standard InChI is InChI=1S/C8H11BrN2O/c1-10-5-7(12)6-2-3-8(9)11-4-6/h2-4,7,10,12H,5H2,1H3. The van der Waals surface area contributed by atoms with Crippen molar-refractivity contribution in [2.75, 3.05) is 13.6 Å². The van der Waals surface area contributed by atoms with Gasteiger partial charge in [-0.1, -0.05) is 6.07 Å². The highest BCUT2D eigenvalue weighted by molar-refractivity contribution is 9.10. The number of likely N-dealkylation sites (N-methyl/N-ethyl adjacent to an activating group) is 1. The van der Waals surface area contributed by atoms with Crippen LogP contribution in [0.1, 0.15) is 11.7 Å². The number of aromatic nitrogens is 1. The van der Waals surface area contributed by atoms with Crippen LogP contribution in [0.25, 0.3) is 0 Å². The number of pyridine rings is 1. The van der Waals surface area contributed by atoms with Gasteiger partial charge in [0.05, 0.1) is 6.10 Å². The molecule has 4 heteroatoms. The minimum absolute atomic E-state index is 0.476. The van der Waals surface area contributed by atoms with Crippen LogP contribution in [0.15, 0.2) is 22.9 Å². The molecule has 0 aliphatic carbocycles. The maximum atomic E-state index is 9.49. The summed E-state index contributed by atoms with van der Waals surface area (Å²) in [4.78, 5) is 4.01. The molecule has 1 rings (SSSR count). The van der Waals surface area contributed by atoms with E-state index >= 15 is 0 Å². The molecule has 3 nitrogen and oxygen atoms in total. The van der Waals surface area contributed by atoms with Crippen molar-refractivity contribution in [3.8, 4) is 0 Å². The van der Waals surface area contributed by atoms with Crippen molar-refractivity contribution in [3.05, 3.63) is 28.5 Å². The highest BCUT2D eigenvalue weighted by Gasteiger charge is 2.05. The van der Waals surface area contributed by atoms with Gasteiger partial charge in [-0.15, -0.1) is 0 Å². The second kappa shape index (κ2) is 4.54. The Balaban J connectivity index is 2.68. The van der Waals surface area contributed by atoms with Gasteiger partial charge >= 0.3 is 0 Å². The maximum absolute atomic E-state index is 9.49. The van der Waals surface area contributed by atoms with E-state index in [1.807, 2.05) is 12.1 Å². The van der Waals surface area contributed by atoms with Crippen LogP contribution in [0.4, 0.5) is 0 Å². The summed E-state index contributed by atoms with van der Waals surface area (Å²) in [5.74, 6) is 0. The Hall–Kier alpha value is -0.450. The molecule has 66 valence electrons. The second-order valence-corrected chi connectivity index (χ2v) is 3.30. The van der Waals surface area contributed by atoms with Gasteiger partial charge in [-0.2, -0.15) is 0 Å². The van der Waals surface area contributed by atoms with E-state index in [2.05, 4.69) is 26.2 Å². The van der Waals surface area contributed by atoms with Crippen LogP contribution in [0.5, 0.6) is 0 Å². The van der Waals surface area contributed by atoms with Crippen LogP contribution >= 0.6 is 15.9 Å². The number of rotatable bonds is 3. The van der Waals surface area contributed by atoms with E-state index in [4.69, 9.17) is 0 Å². The lowest BCUT2D eigenvalue weighted by Gasteiger charge is -2.08. The largest absolute Gasteiger partial charge is 0.387 e. The SMILES string of the molecule is CNCC(O)c1ccc(Br)nc1. The predicted molar refractivity (Wildman–Crippen MR) is 50.8 cm³/mol. The van der Waals surface area contributed by atoms with Gasteiger partial charge in [0.1, 0.15) is 4.60 Å². The molecule has 0 radical (unpaired) electrons. The molecule has 0 bridgehead atoms. The van der Waals surface area contributed by atoms with Gasteiger partial charge in [-0.3, -0.25) is 0 Å². The lowest BCUT2D eigenvalue weighted by Crippen LogP contribution is -2.16. The Bertz CT molecular complexity index is 237. The monoisotopic (exact) mass is 230 g/mol. The van der Waals surface area contributed by atoms with Crippen LogP contribution in [-0.2, 0) is 0 Å². The third-order valence-corrected chi connectivity index (χ3v) is 2.00. The van der Waals surface area contributed by atoms with Crippen LogP contribution in [0, 0.1) is 0 Å². The number of halogens is 1. The fourth-order valence-electron chi connectivity index (χ4n) is 0.896. The Morgan fingerprint density at radius 1 is 1.67 bits per heavy atom. The lowest BCUT2D eigenvalue weighted by atomic mass is 10.2. The van der Waals surface area contributed by atoms with Crippen molar-refractivity contribution in [2.45, 2.75) is 6.10 Å². The summed E-state index contributed by atoms with van der Waals surface area (Å²) in [6.45, 7) is 0.545. The molecule has 12 heavy (non-hydrogen) atoms. The quantitative estimate of drug-likeness (QED) is 0.765. The Labute approximate surface area is 80.0 Å². The summed E-state index contributed by atoms with van der Waals surface area (Å²) in [6.07, 6.45) is 1.18. The first-order valence-corrected chi connectivity index (χ1v) is 4.47. The number of hydrogen-bond acceptors (Lipinski definition) is 3. The van der Waals surface area contributed by atoms with Crippen molar-refractivity contribution in [2.24, 2.45) is 0 Å². The molecule has 0 fully saturated rings. The molecular formula is C8H11BrN2O. The molecule has 0 spiro atoms. The van der Waals surface area contributed by atoms with Gasteiger partial charge in [-0.25, -0.2) is 4.98 Å². The molecule has 0 aliphatic heterocycles. The minimum Gasteiger partial charge on any atom is -0.387 e. The molecule has 1 unspecified atom stereocenters. The molecular weight excluding hydrogens is 220 g/mol. The number of aliphatic hydroxyl groups is 1. The molecule has 1 atom stereocenters. The highest BCUT2D eigenvalue weighted by atomic mass is 79.9. The zero-order chi connectivity index (χ0) is 8.97. The van der Waals surface area contributed by atoms with Crippen molar-refractivity contribution >= 4 is 15.9 Å². The van der Waals surface area contributed by atoms with Crippen molar-refractivity contribution in [3.63, 3.8) is 0 Å². The first kappa shape index (κ1) is 9.64. The van der Waals surface area contributed by atoms with Crippen molar-refractivity contribution < 1.29 is 5.11 Å². The molecule has 1 aromatic heterocycles. The summed E-state index contributed by atoms with van der Waals surface area (Å²) >= 11 is 3.23. The average Bonchev–Trinajstić information content (AvgIpc) is 2.06. The minimum atomic E-state index is -0.476. The van der Waals surface area contributed by atoms with Gasteiger partial charge in [0, 0.05) is 18.3 Å². The summed E-state index contributed by atoms with van der Waals surface area (Å²) in [5, 5.41) is 12.4. The molecule has 0 amide bonds. The smallest absolute Gasteiger partial charge is 0.106 e. The van der Waals surface area contributed by atoms with Gasteiger partial charge in [0.2, 0.25) is 0 Å². The maximum Gasteiger partial charge on any atom is 0.106 e. The van der Waals surface area contributed by atoms with E-state index in [9.17, 15) is 5.11 Å². The van der Waals surface area contributed by atoms with E-state index in [-0.39, 0.29) is 0 Å². The molecule has 0 aromatic carbocycles. The highest BCUT2D eigenvalue weighted by Crippen LogP contribution is 2.12. The fraction of sp³-hybridized carbons (Fsp3) is 0.375. The molecule has 2 N–H and O–H groups in total. The van der Waals surface area contributed by atoms with Crippen molar-refractivity contribution in [1.29, 1.82) is 0 Å². The Morgan fingerprint density at radius 2 is 2.42 bits per heavy atom. The van der Waals surface area contributed by atoms with E-state index in [0.29, 0.717) is 6.54 Å². The van der Waals surface area contributed by atoms with Crippen LogP contribution in [-0.4, -0.2) is 23.7 Å². The average molecular weight is 231 g/mol. The summed E-state index contributed by atoms with van der Waals surface area (Å²) in [5.41, 5.74) is 0.826. The Morgan fingerprint density at radius 3 is 2.92 bits per heavy atom. The van der Waals surface area contributed by atoms with E-state index in [1.165, 1.54) is 0 Å². The predicted octanol–water partition coefficient (Wildman–Crippen LogP) is 1.10. The number of hydrogen-bond donors (Lipinski definition) is 2. The van der Waals surface area contributed by atoms with E-state index in [0.717, 1.165) is 10.2 Å². The van der Waals surface area contributed by atoms with Gasteiger partial charge in [0.25, 0.3) is 0 Å². The van der Waals surface area contributed by atoms with Crippen LogP contribution < -0.4 is 5.32 Å². The first-order valence-electron chi connectivity index (χ1n) is 3.68.